The van der Waals surface area contributed by atoms with E-state index in [1.165, 1.54) is 29.5 Å². The molecule has 278 valence electrons. The van der Waals surface area contributed by atoms with Crippen LogP contribution in [0.4, 0.5) is 5.69 Å². The van der Waals surface area contributed by atoms with Crippen molar-refractivity contribution in [1.29, 1.82) is 0 Å². The highest BCUT2D eigenvalue weighted by Crippen LogP contribution is 2.49. The van der Waals surface area contributed by atoms with E-state index in [1.54, 1.807) is 31.4 Å². The van der Waals surface area contributed by atoms with Crippen molar-refractivity contribution in [2.45, 2.75) is 56.3 Å². The van der Waals surface area contributed by atoms with E-state index in [1.807, 2.05) is 12.2 Å². The van der Waals surface area contributed by atoms with E-state index in [-0.39, 0.29) is 29.8 Å². The summed E-state index contributed by atoms with van der Waals surface area (Å²) in [5, 5.41) is 0.373. The highest BCUT2D eigenvalue weighted by molar-refractivity contribution is 14.1. The molecule has 13 nitrogen and oxygen atoms in total. The van der Waals surface area contributed by atoms with Gasteiger partial charge < -0.3 is 9.74 Å². The van der Waals surface area contributed by atoms with Crippen molar-refractivity contribution in [3.63, 3.8) is 0 Å². The molecule has 0 aromatic heterocycles. The van der Waals surface area contributed by atoms with Gasteiger partial charge in [-0.1, -0.05) is 44.2 Å². The summed E-state index contributed by atoms with van der Waals surface area (Å²) in [6, 6.07) is 7.65. The van der Waals surface area contributed by atoms with Crippen LogP contribution in [-0.4, -0.2) is 73.8 Å². The Hall–Kier alpha value is -3.24. The van der Waals surface area contributed by atoms with E-state index >= 15 is 0 Å². The van der Waals surface area contributed by atoms with Gasteiger partial charge >= 0.3 is 5.97 Å². The number of carbonyl (C=O) groups is 3. The lowest BCUT2D eigenvalue weighted by Gasteiger charge is -2.29. The van der Waals surface area contributed by atoms with Crippen LogP contribution in [0.3, 0.4) is 0 Å². The lowest BCUT2D eigenvalue weighted by molar-refractivity contribution is -0.196. The molecule has 2 aromatic carbocycles. The van der Waals surface area contributed by atoms with E-state index in [4.69, 9.17) is 4.84 Å². The maximum atomic E-state index is 13.1. The lowest BCUT2D eigenvalue weighted by atomic mass is 9.77. The molecule has 2 aliphatic rings. The average molecular weight is 978 g/mol. The first-order valence-electron chi connectivity index (χ1n) is 15.7. The van der Waals surface area contributed by atoms with Crippen LogP contribution in [0.5, 0.6) is 0 Å². The summed E-state index contributed by atoms with van der Waals surface area (Å²) in [4.78, 5) is 47.6. The highest BCUT2D eigenvalue weighted by atomic mass is 127. The molecule has 1 unspecified atom stereocenters. The molecule has 1 atom stereocenters. The topological polar surface area (TPSA) is 188 Å². The van der Waals surface area contributed by atoms with Gasteiger partial charge in [-0.3, -0.25) is 23.7 Å². The number of hydrogen-bond acceptors (Lipinski definition) is 10. The molecule has 1 saturated heterocycles. The molecule has 4 rings (SSSR count). The number of benzene rings is 2. The zero-order valence-corrected chi connectivity index (χ0v) is 34.8. The monoisotopic (exact) mass is 977 g/mol. The molecule has 0 radical (unpaired) electrons. The average Bonchev–Trinajstić information content (AvgIpc) is 3.43. The Balaban J connectivity index is 1.68. The second kappa shape index (κ2) is 16.0. The molecule has 2 amide bonds. The normalized spacial score (nSPS) is 19.6. The van der Waals surface area contributed by atoms with E-state index < -0.39 is 66.0 Å². The number of allylic oxidation sites excluding steroid dienone is 8. The van der Waals surface area contributed by atoms with Gasteiger partial charge in [0.15, 0.2) is 0 Å². The molecular weight excluding hydrogens is 940 g/mol. The fraction of sp³-hybridized carbons (Fsp3) is 0.314. The van der Waals surface area contributed by atoms with Crippen molar-refractivity contribution < 1.29 is 45.2 Å². The molecule has 0 saturated carbocycles. The molecule has 2 N–H and O–H groups in total. The molecular formula is C35H37I2N3O10S2. The summed E-state index contributed by atoms with van der Waals surface area (Å²) in [6.45, 7) is 7.08. The van der Waals surface area contributed by atoms with Gasteiger partial charge in [-0.25, -0.2) is 4.79 Å². The van der Waals surface area contributed by atoms with Crippen molar-refractivity contribution in [1.82, 2.24) is 5.06 Å². The molecule has 2 aromatic rings. The summed E-state index contributed by atoms with van der Waals surface area (Å²) in [7, 11) is -7.72. The SMILES string of the molecule is CN=C(/C=C/C=C/C=C/C=C1\N(CC(=O)ON2C(=O)CCC2=O)c2ccc(S(=O)(=O)O)cc2C1(C)CS(=O)(=O)O)C(C)(C)c1c(C)cc(I)cc1I. The van der Waals surface area contributed by atoms with Crippen molar-refractivity contribution >= 4 is 94.6 Å². The molecule has 17 heteroatoms. The molecule has 0 bridgehead atoms. The number of nitrogens with zero attached hydrogens (tertiary/aromatic N) is 3. The largest absolute Gasteiger partial charge is 0.352 e. The van der Waals surface area contributed by atoms with Crippen LogP contribution >= 0.6 is 45.2 Å². The number of aryl methyl sites for hydroxylation is 1. The molecule has 0 aliphatic carbocycles. The molecule has 2 aliphatic heterocycles. The number of fused-ring (bicyclic) bond motifs is 1. The van der Waals surface area contributed by atoms with E-state index in [0.29, 0.717) is 5.06 Å². The fourth-order valence-electron chi connectivity index (χ4n) is 6.47. The summed E-state index contributed by atoms with van der Waals surface area (Å²) >= 11 is 4.64. The summed E-state index contributed by atoms with van der Waals surface area (Å²) in [6.07, 6.45) is 11.6. The first kappa shape index (κ1) is 41.5. The third-order valence-corrected chi connectivity index (χ3v) is 11.9. The van der Waals surface area contributed by atoms with Crippen molar-refractivity contribution in [2.75, 3.05) is 24.2 Å². The van der Waals surface area contributed by atoms with E-state index in [0.717, 1.165) is 30.5 Å². The van der Waals surface area contributed by atoms with Gasteiger partial charge in [0.05, 0.1) is 16.1 Å². The Morgan fingerprint density at radius 3 is 2.19 bits per heavy atom. The fourth-order valence-corrected chi connectivity index (χ4v) is 10.8. The number of halogens is 2. The van der Waals surface area contributed by atoms with Crippen LogP contribution in [-0.2, 0) is 50.3 Å². The van der Waals surface area contributed by atoms with Crippen LogP contribution in [0.15, 0.2) is 88.4 Å². The zero-order valence-electron chi connectivity index (χ0n) is 28.8. The standard InChI is InChI=1S/C35H37I2N3O10S2/c1-22-17-23(36)18-26(37)33(22)34(2,3)28(38-5)11-9-7-6-8-10-12-29-35(4,21-51(44,45)46)25-19-24(52(47,48)49)13-14-27(25)39(29)20-32(43)50-40-30(41)15-16-31(40)42/h6-14,17-19H,15-16,20-21H2,1-5H3,(H,44,45,46)(H,47,48,49)/b7-6+,10-8+,11-9+,29-12-,38-28?. The van der Waals surface area contributed by atoms with Crippen molar-refractivity contribution in [3.05, 3.63) is 102 Å². The van der Waals surface area contributed by atoms with Crippen LogP contribution in [0.1, 0.15) is 50.3 Å². The van der Waals surface area contributed by atoms with Crippen molar-refractivity contribution in [3.8, 4) is 0 Å². The molecule has 2 heterocycles. The number of carbonyl (C=O) groups excluding carboxylic acids is 3. The second-order valence-electron chi connectivity index (χ2n) is 12.8. The van der Waals surface area contributed by atoms with Gasteiger partial charge in [-0.15, -0.1) is 5.06 Å². The van der Waals surface area contributed by atoms with Crippen LogP contribution in [0.2, 0.25) is 0 Å². The van der Waals surface area contributed by atoms with Gasteiger partial charge in [0.1, 0.15) is 6.54 Å². The third-order valence-electron chi connectivity index (χ3n) is 8.68. The van der Waals surface area contributed by atoms with Crippen LogP contribution in [0.25, 0.3) is 0 Å². The molecule has 52 heavy (non-hydrogen) atoms. The Bertz CT molecular complexity index is 2150. The number of hydrogen-bond donors (Lipinski definition) is 2. The Kier molecular flexibility index (Phi) is 12.8. The number of hydroxylamine groups is 2. The Labute approximate surface area is 330 Å². The number of aliphatic imine (C=N–C) groups is 1. The zero-order chi connectivity index (χ0) is 38.8. The maximum absolute atomic E-state index is 13.1. The van der Waals surface area contributed by atoms with Crippen LogP contribution in [0, 0.1) is 14.1 Å². The third kappa shape index (κ3) is 9.27. The molecule has 0 spiro atoms. The number of rotatable bonds is 12. The lowest BCUT2D eigenvalue weighted by Crippen LogP contribution is -2.39. The first-order valence-corrected chi connectivity index (χ1v) is 20.9. The maximum Gasteiger partial charge on any atom is 0.352 e. The Morgan fingerprint density at radius 1 is 1.00 bits per heavy atom. The predicted molar refractivity (Wildman–Crippen MR) is 213 cm³/mol. The van der Waals surface area contributed by atoms with Gasteiger partial charge in [-0.2, -0.15) is 16.8 Å². The van der Waals surface area contributed by atoms with Crippen LogP contribution < -0.4 is 4.90 Å². The van der Waals surface area contributed by atoms with E-state index in [2.05, 4.69) is 83.1 Å². The van der Waals surface area contributed by atoms with Crippen molar-refractivity contribution in [2.24, 2.45) is 4.99 Å². The van der Waals surface area contributed by atoms with Gasteiger partial charge in [0.2, 0.25) is 0 Å². The van der Waals surface area contributed by atoms with Gasteiger partial charge in [0.25, 0.3) is 32.1 Å². The summed E-state index contributed by atoms with van der Waals surface area (Å²) < 4.78 is 70.7. The number of imide groups is 1. The highest BCUT2D eigenvalue weighted by Gasteiger charge is 2.47. The smallest absolute Gasteiger partial charge is 0.333 e. The predicted octanol–water partition coefficient (Wildman–Crippen LogP) is 5.62. The van der Waals surface area contributed by atoms with Gasteiger partial charge in [-0.05, 0) is 118 Å². The second-order valence-corrected chi connectivity index (χ2v) is 18.1. The first-order chi connectivity index (χ1) is 24.1. The minimum absolute atomic E-state index is 0.0616. The molecule has 1 fully saturated rings. The summed E-state index contributed by atoms with van der Waals surface area (Å²) in [5.41, 5.74) is 1.50. The summed E-state index contributed by atoms with van der Waals surface area (Å²) in [5.74, 6) is -3.37. The quantitative estimate of drug-likeness (QED) is 0.0884. The number of amides is 2. The Morgan fingerprint density at radius 2 is 1.62 bits per heavy atom. The van der Waals surface area contributed by atoms with Gasteiger partial charge in [0, 0.05) is 49.5 Å². The minimum atomic E-state index is -4.74. The minimum Gasteiger partial charge on any atom is -0.333 e. The van der Waals surface area contributed by atoms with E-state index in [9.17, 15) is 40.3 Å². The number of anilines is 1.